The number of carbonyl (C=O) groups excluding carboxylic acids is 1. The van der Waals surface area contributed by atoms with Crippen molar-refractivity contribution in [1.29, 1.82) is 0 Å². The van der Waals surface area contributed by atoms with Crippen LogP contribution in [0.5, 0.6) is 0 Å². The summed E-state index contributed by atoms with van der Waals surface area (Å²) >= 11 is 0. The molecule has 0 aliphatic rings. The fraction of sp³-hybridized carbons (Fsp3) is 0.500. The van der Waals surface area contributed by atoms with Gasteiger partial charge >= 0.3 is 51.4 Å². The molecule has 0 radical (unpaired) electrons. The van der Waals surface area contributed by atoms with Gasteiger partial charge in [-0.15, -0.1) is 0 Å². The second kappa shape index (κ2) is 8.98. The molecule has 3 heteroatoms. The Kier molecular flexibility index (Phi) is 17.2. The summed E-state index contributed by atoms with van der Waals surface area (Å²) in [6, 6.07) is 0. The predicted molar refractivity (Wildman–Crippen MR) is 16.2 cm³/mol. The summed E-state index contributed by atoms with van der Waals surface area (Å²) in [7, 11) is 0. The third-order valence-electron chi connectivity index (χ3n) is 0.0962. The molecular weight excluding hydrogens is 93.1 g/mol. The van der Waals surface area contributed by atoms with Crippen LogP contribution in [0, 0.1) is 0 Å². The third kappa shape index (κ3) is 10.9. The molecule has 5 heavy (non-hydrogen) atoms. The molecule has 0 atom stereocenters. The second-order valence-electron chi connectivity index (χ2n) is 0.402. The summed E-state index contributed by atoms with van der Waals surface area (Å²) < 4.78 is 0. The van der Waals surface area contributed by atoms with Crippen molar-refractivity contribution in [3.05, 3.63) is 0 Å². The third-order valence-corrected chi connectivity index (χ3v) is 0.0962. The molecule has 0 aromatic rings. The Morgan fingerprint density at radius 1 is 2.00 bits per heavy atom. The van der Waals surface area contributed by atoms with E-state index in [1.54, 1.807) is 0 Å². The van der Waals surface area contributed by atoms with Crippen LogP contribution in [0.15, 0.2) is 0 Å². The molecule has 0 bridgehead atoms. The summed E-state index contributed by atoms with van der Waals surface area (Å²) in [6.07, 6.45) is 0.653. The number of rotatable bonds is 1. The first-order chi connectivity index (χ1) is 1.91. The average Bonchev–Trinajstić information content (AvgIpc) is 1.37. The first-order valence-corrected chi connectivity index (χ1v) is 1.05. The number of hydrogen-bond acceptors (Lipinski definition) is 2. The second-order valence-corrected chi connectivity index (χ2v) is 0.402. The zero-order valence-electron chi connectivity index (χ0n) is 4.27. The Hall–Kier alpha value is 1.27. The molecule has 0 fully saturated rings. The summed E-state index contributed by atoms with van der Waals surface area (Å²) in [4.78, 5) is 9.05. The van der Waals surface area contributed by atoms with E-state index in [0.29, 0.717) is 6.29 Å². The van der Waals surface area contributed by atoms with Crippen LogP contribution in [0.2, 0.25) is 0 Å². The molecule has 0 spiro atoms. The molecule has 0 saturated heterocycles. The van der Waals surface area contributed by atoms with Gasteiger partial charge in [-0.25, -0.2) is 0 Å². The predicted octanol–water partition coefficient (Wildman–Crippen LogP) is -3.74. The van der Waals surface area contributed by atoms with Crippen molar-refractivity contribution in [2.24, 2.45) is 5.73 Å². The first-order valence-electron chi connectivity index (χ1n) is 1.05. The molecule has 0 amide bonds. The summed E-state index contributed by atoms with van der Waals surface area (Å²) in [5, 5.41) is 0. The van der Waals surface area contributed by atoms with Gasteiger partial charge in [0.05, 0.1) is 0 Å². The Morgan fingerprint density at radius 3 is 2.20 bits per heavy atom. The van der Waals surface area contributed by atoms with E-state index in [1.165, 1.54) is 0 Å². The van der Waals surface area contributed by atoms with Crippen LogP contribution < -0.4 is 57.1 Å². The van der Waals surface area contributed by atoms with Crippen LogP contribution in [0.25, 0.3) is 0 Å². The molecule has 0 aromatic heterocycles. The number of carbonyl (C=O) groups is 1. The van der Waals surface area contributed by atoms with Crippen LogP contribution >= 0.6 is 0 Å². The SMILES string of the molecule is NCC=O.[H-].[K+]. The first kappa shape index (κ1) is 9.55. The van der Waals surface area contributed by atoms with E-state index >= 15 is 0 Å². The van der Waals surface area contributed by atoms with Crippen molar-refractivity contribution in [2.45, 2.75) is 0 Å². The standard InChI is InChI=1S/C2H5NO.K.H/c3-1-2-4;;/h2H,1,3H2;;/q;+1;-1. The molecule has 26 valence electrons. The fourth-order valence-corrected chi connectivity index (χ4v) is 0. The van der Waals surface area contributed by atoms with Gasteiger partial charge in [0.15, 0.2) is 0 Å². The summed E-state index contributed by atoms with van der Waals surface area (Å²) in [6.45, 7) is 0.139. The fourth-order valence-electron chi connectivity index (χ4n) is 0. The molecule has 0 saturated carbocycles. The molecule has 0 unspecified atom stereocenters. The maximum atomic E-state index is 9.05. The maximum absolute atomic E-state index is 9.05. The minimum absolute atomic E-state index is 0. The van der Waals surface area contributed by atoms with Crippen LogP contribution in [-0.4, -0.2) is 12.8 Å². The molecule has 0 aliphatic carbocycles. The van der Waals surface area contributed by atoms with Crippen molar-refractivity contribution in [1.82, 2.24) is 0 Å². The number of nitrogens with two attached hydrogens (primary N) is 1. The normalized spacial score (nSPS) is 5.00. The van der Waals surface area contributed by atoms with Gasteiger partial charge < -0.3 is 12.0 Å². The molecule has 0 aromatic carbocycles. The van der Waals surface area contributed by atoms with E-state index < -0.39 is 0 Å². The van der Waals surface area contributed by atoms with Gasteiger partial charge in [0.25, 0.3) is 0 Å². The monoisotopic (exact) mass is 99.0 g/mol. The van der Waals surface area contributed by atoms with E-state index in [1.807, 2.05) is 0 Å². The van der Waals surface area contributed by atoms with Crippen LogP contribution in [0.3, 0.4) is 0 Å². The average molecular weight is 99.2 g/mol. The zero-order chi connectivity index (χ0) is 3.41. The molecule has 0 heterocycles. The Morgan fingerprint density at radius 2 is 2.20 bits per heavy atom. The zero-order valence-corrected chi connectivity index (χ0v) is 6.39. The Labute approximate surface area is 75.0 Å². The van der Waals surface area contributed by atoms with Crippen LogP contribution in [0.1, 0.15) is 1.43 Å². The van der Waals surface area contributed by atoms with Gasteiger partial charge in [0.2, 0.25) is 0 Å². The Bertz CT molecular complexity index is 27.5. The van der Waals surface area contributed by atoms with E-state index in [9.17, 15) is 0 Å². The van der Waals surface area contributed by atoms with Gasteiger partial charge in [0.1, 0.15) is 6.29 Å². The van der Waals surface area contributed by atoms with E-state index in [2.05, 4.69) is 5.73 Å². The van der Waals surface area contributed by atoms with E-state index in [0.717, 1.165) is 0 Å². The minimum atomic E-state index is 0. The van der Waals surface area contributed by atoms with Crippen molar-refractivity contribution < 1.29 is 57.6 Å². The minimum Gasteiger partial charge on any atom is -1.00 e. The summed E-state index contributed by atoms with van der Waals surface area (Å²) in [5.74, 6) is 0. The number of hydrogen-bond donors (Lipinski definition) is 1. The van der Waals surface area contributed by atoms with Gasteiger partial charge in [-0.2, -0.15) is 0 Å². The molecule has 2 N–H and O–H groups in total. The topological polar surface area (TPSA) is 43.1 Å². The van der Waals surface area contributed by atoms with Crippen LogP contribution in [0.4, 0.5) is 0 Å². The molecule has 0 rings (SSSR count). The molecule has 2 nitrogen and oxygen atoms in total. The van der Waals surface area contributed by atoms with Crippen molar-refractivity contribution in [2.75, 3.05) is 6.54 Å². The molecular formula is C2H6KNO. The molecule has 0 aliphatic heterocycles. The largest absolute Gasteiger partial charge is 1.00 e. The summed E-state index contributed by atoms with van der Waals surface area (Å²) in [5.41, 5.74) is 4.66. The smallest absolute Gasteiger partial charge is 1.00 e. The van der Waals surface area contributed by atoms with Crippen molar-refractivity contribution in [3.8, 4) is 0 Å². The Balaban J connectivity index is -0.0000000450. The van der Waals surface area contributed by atoms with Crippen LogP contribution in [-0.2, 0) is 4.79 Å². The number of aldehydes is 1. The van der Waals surface area contributed by atoms with Crippen molar-refractivity contribution in [3.63, 3.8) is 0 Å². The van der Waals surface area contributed by atoms with Gasteiger partial charge in [-0.3, -0.25) is 0 Å². The quantitative estimate of drug-likeness (QED) is 0.271. The van der Waals surface area contributed by atoms with Gasteiger partial charge in [0, 0.05) is 6.54 Å². The van der Waals surface area contributed by atoms with E-state index in [-0.39, 0.29) is 59.4 Å². The maximum Gasteiger partial charge on any atom is 1.00 e. The van der Waals surface area contributed by atoms with Gasteiger partial charge in [-0.05, 0) is 0 Å². The van der Waals surface area contributed by atoms with E-state index in [4.69, 9.17) is 4.79 Å². The van der Waals surface area contributed by atoms with Gasteiger partial charge in [-0.1, -0.05) is 0 Å². The van der Waals surface area contributed by atoms with Crippen molar-refractivity contribution >= 4 is 6.29 Å².